The molecule has 3 aromatic rings. The number of amides is 1. The summed E-state index contributed by atoms with van der Waals surface area (Å²) >= 11 is 1.19. The molecule has 0 aliphatic carbocycles. The van der Waals surface area contributed by atoms with Crippen molar-refractivity contribution in [1.29, 1.82) is 0 Å². The average molecular weight is 549 g/mol. The molecule has 0 saturated heterocycles. The summed E-state index contributed by atoms with van der Waals surface area (Å²) in [6.07, 6.45) is 0.546. The van der Waals surface area contributed by atoms with Crippen LogP contribution in [0.3, 0.4) is 0 Å². The topological polar surface area (TPSA) is 114 Å². The molecule has 3 rings (SSSR count). The van der Waals surface area contributed by atoms with E-state index in [9.17, 15) is 27.5 Å². The average Bonchev–Trinajstić information content (AvgIpc) is 3.21. The van der Waals surface area contributed by atoms with E-state index >= 15 is 0 Å². The van der Waals surface area contributed by atoms with E-state index in [-0.39, 0.29) is 24.6 Å². The van der Waals surface area contributed by atoms with Gasteiger partial charge in [-0.15, -0.1) is 11.3 Å². The number of aliphatic hydroxyl groups excluding tert-OH is 1. The lowest BCUT2D eigenvalue weighted by Crippen LogP contribution is -2.35. The molecule has 0 spiro atoms. The lowest BCUT2D eigenvalue weighted by Gasteiger charge is -2.25. The smallest absolute Gasteiger partial charge is 0.256 e. The first kappa shape index (κ1) is 28.4. The van der Waals surface area contributed by atoms with Crippen LogP contribution in [0.2, 0.25) is 0 Å². The zero-order valence-corrected chi connectivity index (χ0v) is 22.4. The van der Waals surface area contributed by atoms with Gasteiger partial charge in [0.05, 0.1) is 13.7 Å². The Labute approximate surface area is 219 Å². The number of carbonyl (C=O) groups excluding carboxylic acids is 2. The number of sulfone groups is 1. The van der Waals surface area contributed by atoms with Gasteiger partial charge in [0.15, 0.2) is 21.7 Å². The van der Waals surface area contributed by atoms with Gasteiger partial charge in [0.2, 0.25) is 0 Å². The van der Waals surface area contributed by atoms with Crippen LogP contribution in [-0.2, 0) is 27.6 Å². The number of halogens is 1. The van der Waals surface area contributed by atoms with Crippen LogP contribution in [0, 0.1) is 12.7 Å². The maximum Gasteiger partial charge on any atom is 0.256 e. The minimum absolute atomic E-state index is 0.0207. The number of hydrogen-bond donors (Lipinski definition) is 1. The van der Waals surface area contributed by atoms with Gasteiger partial charge in [-0.05, 0) is 55.2 Å². The van der Waals surface area contributed by atoms with Crippen LogP contribution in [0.25, 0.3) is 0 Å². The van der Waals surface area contributed by atoms with Crippen LogP contribution >= 0.6 is 11.3 Å². The van der Waals surface area contributed by atoms with Gasteiger partial charge < -0.3 is 14.7 Å². The molecular weight excluding hydrogens is 519 g/mol. The summed E-state index contributed by atoms with van der Waals surface area (Å²) in [5.41, 5.74) is 1.23. The summed E-state index contributed by atoms with van der Waals surface area (Å²) in [5, 5.41) is 11.3. The van der Waals surface area contributed by atoms with Gasteiger partial charge in [-0.2, -0.15) is 0 Å². The number of methoxy groups -OCH3 is 1. The third-order valence-electron chi connectivity index (χ3n) is 5.58. The Morgan fingerprint density at radius 2 is 1.89 bits per heavy atom. The first-order chi connectivity index (χ1) is 17.5. The fourth-order valence-corrected chi connectivity index (χ4v) is 5.36. The number of benzene rings is 2. The Kier molecular flexibility index (Phi) is 9.52. The molecule has 11 heteroatoms. The molecule has 1 aromatic heterocycles. The van der Waals surface area contributed by atoms with Gasteiger partial charge in [-0.1, -0.05) is 24.3 Å². The first-order valence-corrected chi connectivity index (χ1v) is 14.4. The molecule has 1 atom stereocenters. The van der Waals surface area contributed by atoms with Crippen LogP contribution in [0.1, 0.15) is 44.0 Å². The molecule has 0 unspecified atom stereocenters. The molecule has 0 bridgehead atoms. The predicted octanol–water partition coefficient (Wildman–Crippen LogP) is 3.52. The lowest BCUT2D eigenvalue weighted by molar-refractivity contribution is -0.141. The fraction of sp³-hybridized carbons (Fsp3) is 0.346. The molecule has 8 nitrogen and oxygen atoms in total. The molecule has 1 amide bonds. The third kappa shape index (κ3) is 8.17. The minimum Gasteiger partial charge on any atom is -0.497 e. The maximum absolute atomic E-state index is 13.5. The standard InChI is InChI=1S/C26H29FN2O6S2/c1-17-24(22(30)16-37(3,33)34)28-23(36-17)15-29(13-5-7-18-6-4-8-20(27)14-18)26(32)25(31)19-9-11-21(35-2)12-10-19/h4,6,8-12,14,25,31H,5,7,13,15-16H2,1-3H3/t25-/m1/s1. The van der Waals surface area contributed by atoms with Crippen LogP contribution in [-0.4, -0.2) is 60.8 Å². The summed E-state index contributed by atoms with van der Waals surface area (Å²) in [7, 11) is -2.01. The van der Waals surface area contributed by atoms with Gasteiger partial charge in [0.25, 0.3) is 5.91 Å². The predicted molar refractivity (Wildman–Crippen MR) is 139 cm³/mol. The normalized spacial score (nSPS) is 12.2. The van der Waals surface area contributed by atoms with Crippen molar-refractivity contribution in [2.24, 2.45) is 0 Å². The second-order valence-electron chi connectivity index (χ2n) is 8.67. The molecule has 0 fully saturated rings. The highest BCUT2D eigenvalue weighted by Gasteiger charge is 2.26. The molecule has 1 heterocycles. The summed E-state index contributed by atoms with van der Waals surface area (Å²) in [6, 6.07) is 12.7. The maximum atomic E-state index is 13.5. The second-order valence-corrected chi connectivity index (χ2v) is 12.1. The van der Waals surface area contributed by atoms with Gasteiger partial charge in [-0.25, -0.2) is 17.8 Å². The zero-order valence-electron chi connectivity index (χ0n) is 20.8. The van der Waals surface area contributed by atoms with Gasteiger partial charge in [0, 0.05) is 17.7 Å². The number of ether oxygens (including phenoxy) is 1. The third-order valence-corrected chi connectivity index (χ3v) is 7.33. The number of rotatable bonds is 12. The van der Waals surface area contributed by atoms with Gasteiger partial charge in [0.1, 0.15) is 28.0 Å². The molecule has 0 radical (unpaired) electrons. The number of aryl methyl sites for hydroxylation is 2. The zero-order chi connectivity index (χ0) is 27.2. The van der Waals surface area contributed by atoms with Crippen molar-refractivity contribution in [2.45, 2.75) is 32.4 Å². The molecule has 198 valence electrons. The van der Waals surface area contributed by atoms with Crippen LogP contribution < -0.4 is 4.74 Å². The van der Waals surface area contributed by atoms with Crippen molar-refractivity contribution in [1.82, 2.24) is 9.88 Å². The van der Waals surface area contributed by atoms with E-state index in [1.54, 1.807) is 43.3 Å². The molecular formula is C26H29FN2O6S2. The minimum atomic E-state index is -3.52. The molecule has 1 N–H and O–H groups in total. The van der Waals surface area contributed by atoms with Crippen LogP contribution in [0.4, 0.5) is 4.39 Å². The fourth-order valence-electron chi connectivity index (χ4n) is 3.78. The van der Waals surface area contributed by atoms with E-state index < -0.39 is 33.4 Å². The Hall–Kier alpha value is -3.15. The number of aliphatic hydroxyl groups is 1. The summed E-state index contributed by atoms with van der Waals surface area (Å²) < 4.78 is 41.8. The number of nitrogens with zero attached hydrogens (tertiary/aromatic N) is 2. The SMILES string of the molecule is COc1ccc([C@@H](O)C(=O)N(CCCc2cccc(F)c2)Cc2nc(C(=O)CS(C)(=O)=O)c(C)s2)cc1. The highest BCUT2D eigenvalue weighted by molar-refractivity contribution is 7.91. The van der Waals surface area contributed by atoms with Crippen molar-refractivity contribution in [3.8, 4) is 5.75 Å². The molecule has 0 aliphatic rings. The summed E-state index contributed by atoms with van der Waals surface area (Å²) in [5.74, 6) is -1.57. The lowest BCUT2D eigenvalue weighted by atomic mass is 10.1. The molecule has 0 saturated carbocycles. The molecule has 2 aromatic carbocycles. The second kappa shape index (κ2) is 12.4. The Morgan fingerprint density at radius 1 is 1.19 bits per heavy atom. The van der Waals surface area contributed by atoms with Gasteiger partial charge in [-0.3, -0.25) is 9.59 Å². The van der Waals surface area contributed by atoms with Crippen molar-refractivity contribution in [2.75, 3.05) is 25.7 Å². The van der Waals surface area contributed by atoms with E-state index in [2.05, 4.69) is 4.98 Å². The highest BCUT2D eigenvalue weighted by Crippen LogP contribution is 2.24. The van der Waals surface area contributed by atoms with Crippen LogP contribution in [0.5, 0.6) is 5.75 Å². The van der Waals surface area contributed by atoms with E-state index in [4.69, 9.17) is 4.74 Å². The van der Waals surface area contributed by atoms with E-state index in [0.29, 0.717) is 34.0 Å². The number of carbonyl (C=O) groups is 2. The number of ketones is 1. The van der Waals surface area contributed by atoms with Gasteiger partial charge >= 0.3 is 0 Å². The van der Waals surface area contributed by atoms with Crippen molar-refractivity contribution in [3.05, 3.63) is 81.1 Å². The van der Waals surface area contributed by atoms with Crippen molar-refractivity contribution >= 4 is 32.9 Å². The van der Waals surface area contributed by atoms with Crippen molar-refractivity contribution in [3.63, 3.8) is 0 Å². The monoisotopic (exact) mass is 548 g/mol. The quantitative estimate of drug-likeness (QED) is 0.345. The summed E-state index contributed by atoms with van der Waals surface area (Å²) in [4.78, 5) is 32.0. The number of thiazole rings is 1. The number of Topliss-reactive ketones (excluding diaryl/α,β-unsaturated/α-hetero) is 1. The van der Waals surface area contributed by atoms with Crippen molar-refractivity contribution < 1.29 is 32.2 Å². The number of hydrogen-bond acceptors (Lipinski definition) is 8. The highest BCUT2D eigenvalue weighted by atomic mass is 32.2. The van der Waals surface area contributed by atoms with E-state index in [1.165, 1.54) is 35.5 Å². The Balaban J connectivity index is 1.80. The molecule has 0 aliphatic heterocycles. The van der Waals surface area contributed by atoms with E-state index in [1.807, 2.05) is 0 Å². The Morgan fingerprint density at radius 3 is 2.51 bits per heavy atom. The Bertz CT molecular complexity index is 1360. The summed E-state index contributed by atoms with van der Waals surface area (Å²) in [6.45, 7) is 1.93. The van der Waals surface area contributed by atoms with E-state index in [0.717, 1.165) is 11.8 Å². The first-order valence-electron chi connectivity index (χ1n) is 11.5. The number of aromatic nitrogens is 1. The largest absolute Gasteiger partial charge is 0.497 e. The molecule has 37 heavy (non-hydrogen) atoms. The van der Waals surface area contributed by atoms with Crippen LogP contribution in [0.15, 0.2) is 48.5 Å².